The molecule has 2 atom stereocenters. The lowest BCUT2D eigenvalue weighted by Crippen LogP contribution is -2.48. The average Bonchev–Trinajstić information content (AvgIpc) is 3.07. The molecule has 1 aromatic rings. The Morgan fingerprint density at radius 2 is 1.93 bits per heavy atom. The maximum Gasteiger partial charge on any atom is 0.225 e. The highest BCUT2D eigenvalue weighted by atomic mass is 35.5. The zero-order valence-corrected chi connectivity index (χ0v) is 17.4. The van der Waals surface area contributed by atoms with Crippen LogP contribution in [0.15, 0.2) is 24.3 Å². The molecular weight excluding hydrogens is 378 g/mol. The van der Waals surface area contributed by atoms with Gasteiger partial charge in [-0.3, -0.25) is 9.59 Å². The maximum atomic E-state index is 12.7. The van der Waals surface area contributed by atoms with Crippen molar-refractivity contribution in [2.24, 2.45) is 17.6 Å². The van der Waals surface area contributed by atoms with Crippen LogP contribution in [0.2, 0.25) is 0 Å². The summed E-state index contributed by atoms with van der Waals surface area (Å²) in [6.07, 6.45) is 6.26. The predicted molar refractivity (Wildman–Crippen MR) is 111 cm³/mol. The van der Waals surface area contributed by atoms with E-state index in [1.165, 1.54) is 19.3 Å². The van der Waals surface area contributed by atoms with Gasteiger partial charge in [-0.2, -0.15) is 0 Å². The molecule has 6 nitrogen and oxygen atoms in total. The number of ether oxygens (including phenoxy) is 1. The Morgan fingerprint density at radius 3 is 2.54 bits per heavy atom. The Bertz CT molecular complexity index is 647. The van der Waals surface area contributed by atoms with Gasteiger partial charge in [0.1, 0.15) is 5.75 Å². The number of carbonyl (C=O) groups excluding carboxylic acids is 2. The van der Waals surface area contributed by atoms with E-state index in [9.17, 15) is 9.59 Å². The van der Waals surface area contributed by atoms with E-state index in [2.05, 4.69) is 5.32 Å². The van der Waals surface area contributed by atoms with Gasteiger partial charge < -0.3 is 20.7 Å². The van der Waals surface area contributed by atoms with Crippen LogP contribution < -0.4 is 15.8 Å². The SMILES string of the molecule is COc1ccc(CN2CC(C(=O)NC(CN)C3CCCCC3)CC2=O)cc1.Cl. The number of hydrogen-bond acceptors (Lipinski definition) is 4. The fourth-order valence-electron chi connectivity index (χ4n) is 4.26. The smallest absolute Gasteiger partial charge is 0.225 e. The molecule has 1 aliphatic carbocycles. The monoisotopic (exact) mass is 409 g/mol. The molecule has 1 aliphatic heterocycles. The summed E-state index contributed by atoms with van der Waals surface area (Å²) in [5.74, 6) is 0.988. The topological polar surface area (TPSA) is 84.7 Å². The van der Waals surface area contributed by atoms with Crippen LogP contribution in [0.4, 0.5) is 0 Å². The molecule has 3 rings (SSSR count). The third kappa shape index (κ3) is 5.61. The molecule has 156 valence electrons. The van der Waals surface area contributed by atoms with Gasteiger partial charge >= 0.3 is 0 Å². The van der Waals surface area contributed by atoms with Crippen molar-refractivity contribution in [2.75, 3.05) is 20.2 Å². The molecule has 7 heteroatoms. The van der Waals surface area contributed by atoms with E-state index in [-0.39, 0.29) is 42.6 Å². The second-order valence-electron chi connectivity index (χ2n) is 7.77. The first-order valence-electron chi connectivity index (χ1n) is 10.0. The largest absolute Gasteiger partial charge is 0.497 e. The summed E-state index contributed by atoms with van der Waals surface area (Å²) in [5, 5.41) is 3.14. The zero-order chi connectivity index (χ0) is 19.2. The van der Waals surface area contributed by atoms with Crippen LogP contribution in [0.5, 0.6) is 5.75 Å². The van der Waals surface area contributed by atoms with Gasteiger partial charge in [0.05, 0.1) is 13.0 Å². The van der Waals surface area contributed by atoms with Crippen LogP contribution in [-0.2, 0) is 16.1 Å². The number of rotatable bonds is 7. The number of amides is 2. The molecule has 1 saturated carbocycles. The number of hydrogen-bond donors (Lipinski definition) is 2. The highest BCUT2D eigenvalue weighted by Crippen LogP contribution is 2.27. The third-order valence-corrected chi connectivity index (χ3v) is 5.92. The van der Waals surface area contributed by atoms with Gasteiger partial charge in [-0.05, 0) is 36.5 Å². The highest BCUT2D eigenvalue weighted by Gasteiger charge is 2.35. The normalized spacial score (nSPS) is 21.1. The second-order valence-corrected chi connectivity index (χ2v) is 7.77. The lowest BCUT2D eigenvalue weighted by molar-refractivity contribution is -0.129. The van der Waals surface area contributed by atoms with Crippen molar-refractivity contribution in [1.29, 1.82) is 0 Å². The summed E-state index contributed by atoms with van der Waals surface area (Å²) in [6.45, 7) is 1.46. The predicted octanol–water partition coefficient (Wildman–Crippen LogP) is 2.49. The molecule has 0 spiro atoms. The molecule has 1 aromatic carbocycles. The molecule has 28 heavy (non-hydrogen) atoms. The molecule has 3 N–H and O–H groups in total. The summed E-state index contributed by atoms with van der Waals surface area (Å²) < 4.78 is 5.16. The molecule has 2 fully saturated rings. The van der Waals surface area contributed by atoms with Crippen LogP contribution in [0, 0.1) is 11.8 Å². The first-order chi connectivity index (χ1) is 13.1. The van der Waals surface area contributed by atoms with Crippen molar-refractivity contribution in [1.82, 2.24) is 10.2 Å². The minimum Gasteiger partial charge on any atom is -0.497 e. The second kappa shape index (κ2) is 10.7. The van der Waals surface area contributed by atoms with E-state index in [0.29, 0.717) is 25.6 Å². The number of likely N-dealkylation sites (tertiary alicyclic amines) is 1. The van der Waals surface area contributed by atoms with Crippen LogP contribution in [-0.4, -0.2) is 43.0 Å². The van der Waals surface area contributed by atoms with Gasteiger partial charge in [0.2, 0.25) is 11.8 Å². The summed E-state index contributed by atoms with van der Waals surface area (Å²) in [5.41, 5.74) is 6.96. The van der Waals surface area contributed by atoms with E-state index in [1.54, 1.807) is 12.0 Å². The van der Waals surface area contributed by atoms with Gasteiger partial charge in [0.15, 0.2) is 0 Å². The number of halogens is 1. The molecule has 2 unspecified atom stereocenters. The lowest BCUT2D eigenvalue weighted by Gasteiger charge is -2.30. The molecule has 2 amide bonds. The van der Waals surface area contributed by atoms with Crippen LogP contribution in [0.3, 0.4) is 0 Å². The number of methoxy groups -OCH3 is 1. The fraction of sp³-hybridized carbons (Fsp3) is 0.619. The molecule has 0 radical (unpaired) electrons. The maximum absolute atomic E-state index is 12.7. The number of nitrogens with zero attached hydrogens (tertiary/aromatic N) is 1. The van der Waals surface area contributed by atoms with Gasteiger partial charge in [0, 0.05) is 32.1 Å². The minimum atomic E-state index is -0.284. The Kier molecular flexibility index (Phi) is 8.58. The standard InChI is InChI=1S/C21H31N3O3.ClH/c1-27-18-9-7-15(8-10-18)13-24-14-17(11-20(24)25)21(26)23-19(12-22)16-5-3-2-4-6-16;/h7-10,16-17,19H,2-6,11-14,22H2,1H3,(H,23,26);1H. The fourth-order valence-corrected chi connectivity index (χ4v) is 4.26. The van der Waals surface area contributed by atoms with E-state index >= 15 is 0 Å². The molecule has 1 heterocycles. The highest BCUT2D eigenvalue weighted by molar-refractivity contribution is 5.89. The Hall–Kier alpha value is -1.79. The van der Waals surface area contributed by atoms with Gasteiger partial charge in [-0.25, -0.2) is 0 Å². The van der Waals surface area contributed by atoms with Crippen molar-refractivity contribution in [3.05, 3.63) is 29.8 Å². The minimum absolute atomic E-state index is 0. The summed E-state index contributed by atoms with van der Waals surface area (Å²) in [4.78, 5) is 26.9. The van der Waals surface area contributed by atoms with E-state index < -0.39 is 0 Å². The van der Waals surface area contributed by atoms with E-state index in [1.807, 2.05) is 24.3 Å². The van der Waals surface area contributed by atoms with Gasteiger partial charge in [-0.15, -0.1) is 12.4 Å². The van der Waals surface area contributed by atoms with Crippen molar-refractivity contribution >= 4 is 24.2 Å². The molecular formula is C21H32ClN3O3. The van der Waals surface area contributed by atoms with Crippen molar-refractivity contribution in [3.8, 4) is 5.75 Å². The Labute approximate surface area is 173 Å². The number of nitrogens with two attached hydrogens (primary N) is 1. The summed E-state index contributed by atoms with van der Waals surface area (Å²) >= 11 is 0. The molecule has 0 aromatic heterocycles. The Morgan fingerprint density at radius 1 is 1.25 bits per heavy atom. The molecule has 0 bridgehead atoms. The van der Waals surface area contributed by atoms with Crippen molar-refractivity contribution < 1.29 is 14.3 Å². The summed E-state index contributed by atoms with van der Waals surface area (Å²) in [6, 6.07) is 7.70. The molecule has 1 saturated heterocycles. The van der Waals surface area contributed by atoms with Crippen LogP contribution in [0.1, 0.15) is 44.1 Å². The lowest BCUT2D eigenvalue weighted by atomic mass is 9.83. The van der Waals surface area contributed by atoms with Crippen molar-refractivity contribution in [2.45, 2.75) is 51.1 Å². The van der Waals surface area contributed by atoms with Crippen LogP contribution in [0.25, 0.3) is 0 Å². The number of carbonyl (C=O) groups is 2. The average molecular weight is 410 g/mol. The third-order valence-electron chi connectivity index (χ3n) is 5.92. The first kappa shape index (κ1) is 22.5. The summed E-state index contributed by atoms with van der Waals surface area (Å²) in [7, 11) is 1.63. The van der Waals surface area contributed by atoms with Gasteiger partial charge in [-0.1, -0.05) is 31.4 Å². The van der Waals surface area contributed by atoms with E-state index in [0.717, 1.165) is 24.2 Å². The zero-order valence-electron chi connectivity index (χ0n) is 16.6. The molecule has 2 aliphatic rings. The van der Waals surface area contributed by atoms with Crippen LogP contribution >= 0.6 is 12.4 Å². The van der Waals surface area contributed by atoms with Gasteiger partial charge in [0.25, 0.3) is 0 Å². The van der Waals surface area contributed by atoms with Crippen molar-refractivity contribution in [3.63, 3.8) is 0 Å². The number of nitrogens with one attached hydrogen (secondary N) is 1. The van der Waals surface area contributed by atoms with E-state index in [4.69, 9.17) is 10.5 Å². The quantitative estimate of drug-likeness (QED) is 0.724. The first-order valence-corrected chi connectivity index (χ1v) is 10.0. The Balaban J connectivity index is 0.00000280. The number of benzene rings is 1.